The molecule has 1 amide bonds. The summed E-state index contributed by atoms with van der Waals surface area (Å²) in [5, 5.41) is 12.1. The fourth-order valence-electron chi connectivity index (χ4n) is 3.47. The van der Waals surface area contributed by atoms with E-state index in [2.05, 4.69) is 20.2 Å². The maximum Gasteiger partial charge on any atom is 0.254 e. The van der Waals surface area contributed by atoms with Crippen LogP contribution < -0.4 is 0 Å². The highest BCUT2D eigenvalue weighted by Crippen LogP contribution is 2.19. The van der Waals surface area contributed by atoms with E-state index in [1.54, 1.807) is 6.20 Å². The molecule has 4 rings (SSSR count). The van der Waals surface area contributed by atoms with Gasteiger partial charge in [0.25, 0.3) is 5.91 Å². The zero-order valence-electron chi connectivity index (χ0n) is 14.4. The molecule has 1 N–H and O–H groups in total. The highest BCUT2D eigenvalue weighted by Gasteiger charge is 2.22. The first-order valence-electron chi connectivity index (χ1n) is 8.62. The summed E-state index contributed by atoms with van der Waals surface area (Å²) in [6.07, 6.45) is 6.67. The minimum atomic E-state index is 0.0928. The lowest BCUT2D eigenvalue weighted by atomic mass is 10.1. The Balaban J connectivity index is 1.45. The third kappa shape index (κ3) is 3.28. The summed E-state index contributed by atoms with van der Waals surface area (Å²) >= 11 is 0. The molecule has 2 aromatic heterocycles. The van der Waals surface area contributed by atoms with E-state index in [-0.39, 0.29) is 5.91 Å². The molecule has 0 unspecified atom stereocenters. The predicted octanol–water partition coefficient (Wildman–Crippen LogP) is 1.64. The summed E-state index contributed by atoms with van der Waals surface area (Å²) in [6.45, 7) is 4.29. The molecule has 0 bridgehead atoms. The van der Waals surface area contributed by atoms with E-state index in [4.69, 9.17) is 0 Å². The van der Waals surface area contributed by atoms with Gasteiger partial charge in [-0.25, -0.2) is 0 Å². The molecular weight excluding hydrogens is 316 g/mol. The van der Waals surface area contributed by atoms with Crippen LogP contribution in [0.15, 0.2) is 36.8 Å². The Morgan fingerprint density at radius 3 is 2.96 bits per heavy atom. The van der Waals surface area contributed by atoms with Gasteiger partial charge in [-0.3, -0.25) is 19.5 Å². The van der Waals surface area contributed by atoms with Crippen LogP contribution in [0.5, 0.6) is 0 Å². The number of amides is 1. The molecule has 25 heavy (non-hydrogen) atoms. The molecule has 130 valence electrons. The molecule has 0 saturated carbocycles. The van der Waals surface area contributed by atoms with Crippen LogP contribution in [0.2, 0.25) is 0 Å². The summed E-state index contributed by atoms with van der Waals surface area (Å²) < 4.78 is 1.83. The molecule has 7 heteroatoms. The van der Waals surface area contributed by atoms with Gasteiger partial charge in [-0.15, -0.1) is 0 Å². The van der Waals surface area contributed by atoms with Gasteiger partial charge in [0.15, 0.2) is 0 Å². The number of benzene rings is 1. The van der Waals surface area contributed by atoms with Crippen molar-refractivity contribution >= 4 is 16.8 Å². The first-order valence-corrected chi connectivity index (χ1v) is 8.62. The van der Waals surface area contributed by atoms with Gasteiger partial charge in [-0.05, 0) is 18.6 Å². The minimum absolute atomic E-state index is 0.0928. The SMILES string of the molecule is Cn1cc(CN2CCCN(C(=O)c3cccc4[nH]ncc34)CC2)cn1. The first-order chi connectivity index (χ1) is 12.2. The number of carbonyl (C=O) groups is 1. The van der Waals surface area contributed by atoms with Gasteiger partial charge in [0, 0.05) is 56.9 Å². The Hall–Kier alpha value is -2.67. The Morgan fingerprint density at radius 1 is 1.20 bits per heavy atom. The zero-order valence-corrected chi connectivity index (χ0v) is 14.4. The standard InChI is InChI=1S/C18H22N6O/c1-22-12-14(10-20-22)13-23-6-3-7-24(9-8-23)18(25)15-4-2-5-17-16(15)11-19-21-17/h2,4-5,10-12H,3,6-9,13H2,1H3,(H,19,21). The monoisotopic (exact) mass is 338 g/mol. The predicted molar refractivity (Wildman–Crippen MR) is 95.1 cm³/mol. The first kappa shape index (κ1) is 15.8. The second kappa shape index (κ2) is 6.68. The lowest BCUT2D eigenvalue weighted by molar-refractivity contribution is 0.0763. The molecule has 3 aromatic rings. The number of rotatable bonds is 3. The quantitative estimate of drug-likeness (QED) is 0.788. The molecule has 7 nitrogen and oxygen atoms in total. The van der Waals surface area contributed by atoms with Gasteiger partial charge in [-0.2, -0.15) is 10.2 Å². The van der Waals surface area contributed by atoms with Crippen LogP contribution in [-0.2, 0) is 13.6 Å². The average molecular weight is 338 g/mol. The van der Waals surface area contributed by atoms with E-state index >= 15 is 0 Å². The minimum Gasteiger partial charge on any atom is -0.337 e. The number of H-pyrrole nitrogens is 1. The van der Waals surface area contributed by atoms with Crippen LogP contribution in [0.1, 0.15) is 22.3 Å². The number of hydrogen-bond acceptors (Lipinski definition) is 4. The molecule has 0 atom stereocenters. The largest absolute Gasteiger partial charge is 0.337 e. The number of aromatic nitrogens is 4. The normalized spacial score (nSPS) is 16.3. The fraction of sp³-hybridized carbons (Fsp3) is 0.389. The van der Waals surface area contributed by atoms with Gasteiger partial charge in [0.1, 0.15) is 0 Å². The number of nitrogens with zero attached hydrogens (tertiary/aromatic N) is 5. The molecule has 3 heterocycles. The van der Waals surface area contributed by atoms with Crippen LogP contribution in [0.3, 0.4) is 0 Å². The molecule has 1 aromatic carbocycles. The molecule has 1 fully saturated rings. The Morgan fingerprint density at radius 2 is 2.12 bits per heavy atom. The highest BCUT2D eigenvalue weighted by atomic mass is 16.2. The topological polar surface area (TPSA) is 70.0 Å². The molecule has 1 saturated heterocycles. The van der Waals surface area contributed by atoms with Crippen molar-refractivity contribution in [3.63, 3.8) is 0 Å². The lowest BCUT2D eigenvalue weighted by Crippen LogP contribution is -2.35. The fourth-order valence-corrected chi connectivity index (χ4v) is 3.47. The zero-order chi connectivity index (χ0) is 17.2. The van der Waals surface area contributed by atoms with E-state index < -0.39 is 0 Å². The highest BCUT2D eigenvalue weighted by molar-refractivity contribution is 6.06. The smallest absolute Gasteiger partial charge is 0.254 e. The maximum atomic E-state index is 13.0. The number of fused-ring (bicyclic) bond motifs is 1. The van der Waals surface area contributed by atoms with Crippen molar-refractivity contribution < 1.29 is 4.79 Å². The number of aromatic amines is 1. The molecule has 1 aliphatic rings. The number of aryl methyl sites for hydroxylation is 1. The summed E-state index contributed by atoms with van der Waals surface area (Å²) in [4.78, 5) is 17.3. The van der Waals surface area contributed by atoms with Crippen LogP contribution in [-0.4, -0.2) is 61.9 Å². The molecule has 0 radical (unpaired) electrons. The van der Waals surface area contributed by atoms with Gasteiger partial charge in [0.2, 0.25) is 0 Å². The summed E-state index contributed by atoms with van der Waals surface area (Å²) in [7, 11) is 1.93. The third-order valence-electron chi connectivity index (χ3n) is 4.76. The Bertz CT molecular complexity index is 882. The second-order valence-corrected chi connectivity index (χ2v) is 6.58. The van der Waals surface area contributed by atoms with Gasteiger partial charge in [0.05, 0.1) is 23.5 Å². The van der Waals surface area contributed by atoms with Crippen LogP contribution in [0.4, 0.5) is 0 Å². The van der Waals surface area contributed by atoms with Crippen molar-refractivity contribution in [2.75, 3.05) is 26.2 Å². The van der Waals surface area contributed by atoms with Gasteiger partial charge < -0.3 is 4.90 Å². The van der Waals surface area contributed by atoms with Crippen molar-refractivity contribution in [2.45, 2.75) is 13.0 Å². The number of hydrogen-bond donors (Lipinski definition) is 1. The van der Waals surface area contributed by atoms with Crippen molar-refractivity contribution in [1.82, 2.24) is 29.8 Å². The maximum absolute atomic E-state index is 13.0. The molecule has 0 aliphatic carbocycles. The van der Waals surface area contributed by atoms with Crippen LogP contribution >= 0.6 is 0 Å². The molecular formula is C18H22N6O. The summed E-state index contributed by atoms with van der Waals surface area (Å²) in [6, 6.07) is 5.73. The molecule has 1 aliphatic heterocycles. The van der Waals surface area contributed by atoms with Crippen LogP contribution in [0.25, 0.3) is 10.9 Å². The summed E-state index contributed by atoms with van der Waals surface area (Å²) in [5.41, 5.74) is 2.84. The van der Waals surface area contributed by atoms with Crippen molar-refractivity contribution in [3.05, 3.63) is 47.9 Å². The average Bonchev–Trinajstić information content (AvgIpc) is 3.18. The third-order valence-corrected chi connectivity index (χ3v) is 4.76. The van der Waals surface area contributed by atoms with Crippen molar-refractivity contribution in [1.29, 1.82) is 0 Å². The second-order valence-electron chi connectivity index (χ2n) is 6.58. The van der Waals surface area contributed by atoms with Crippen molar-refractivity contribution in [3.8, 4) is 0 Å². The lowest BCUT2D eigenvalue weighted by Gasteiger charge is -2.22. The number of nitrogens with one attached hydrogen (secondary N) is 1. The van der Waals surface area contributed by atoms with E-state index in [9.17, 15) is 4.79 Å². The van der Waals surface area contributed by atoms with Crippen molar-refractivity contribution in [2.24, 2.45) is 7.05 Å². The Kier molecular flexibility index (Phi) is 4.23. The van der Waals surface area contributed by atoms with E-state index in [1.165, 1.54) is 5.56 Å². The van der Waals surface area contributed by atoms with E-state index in [1.807, 2.05) is 47.2 Å². The van der Waals surface area contributed by atoms with E-state index in [0.29, 0.717) is 0 Å². The van der Waals surface area contributed by atoms with Gasteiger partial charge >= 0.3 is 0 Å². The molecule has 0 spiro atoms. The Labute approximate surface area is 146 Å². The van der Waals surface area contributed by atoms with Crippen LogP contribution in [0, 0.1) is 0 Å². The van der Waals surface area contributed by atoms with Gasteiger partial charge in [-0.1, -0.05) is 6.07 Å². The number of carbonyl (C=O) groups excluding carboxylic acids is 1. The summed E-state index contributed by atoms with van der Waals surface area (Å²) in [5.74, 6) is 0.0928. The van der Waals surface area contributed by atoms with E-state index in [0.717, 1.165) is 55.6 Å².